The minimum Gasteiger partial charge on any atom is -0.460 e. The second kappa shape index (κ2) is 11.1. The quantitative estimate of drug-likeness (QED) is 0.159. The van der Waals surface area contributed by atoms with Crippen molar-refractivity contribution >= 4 is 11.6 Å². The van der Waals surface area contributed by atoms with Crippen molar-refractivity contribution < 1.29 is 27.4 Å². The van der Waals surface area contributed by atoms with Gasteiger partial charge in [0.1, 0.15) is 12.0 Å². The molecule has 11 nitrogen and oxygen atoms in total. The van der Waals surface area contributed by atoms with Crippen molar-refractivity contribution in [2.24, 2.45) is 11.3 Å². The summed E-state index contributed by atoms with van der Waals surface area (Å²) in [6.07, 6.45) is 12.6. The monoisotopic (exact) mass is 683 g/mol. The first-order valence-corrected chi connectivity index (χ1v) is 18.2. The van der Waals surface area contributed by atoms with Gasteiger partial charge >= 0.3 is 6.01 Å². The molecule has 0 aliphatic heterocycles. The standard InChI is InChI=1S/C37H39F2N7O4/c38-37(39)19-26(28(37)31-42-29(44-49-31)21-4-5-21)32(47)46(24-3-1-2-23(18-24)27-10-17-40-34(41-27)48-25-8-9-25)20-35-11-14-36(15-12-35,16-13-35)33-43-30(45-50-33)22-6-7-22/h1-3,10,17-18,21-22,25-26,28H,4-9,11-16,19-20H2. The Labute approximate surface area is 287 Å². The highest BCUT2D eigenvalue weighted by Gasteiger charge is 2.63. The molecule has 50 heavy (non-hydrogen) atoms. The molecular weight excluding hydrogens is 644 g/mol. The van der Waals surface area contributed by atoms with Gasteiger partial charge in [0.05, 0.1) is 11.6 Å². The van der Waals surface area contributed by atoms with Gasteiger partial charge in [0.2, 0.25) is 17.7 Å². The van der Waals surface area contributed by atoms with Crippen molar-refractivity contribution in [1.82, 2.24) is 30.2 Å². The lowest BCUT2D eigenvalue weighted by Crippen LogP contribution is -2.56. The number of amides is 1. The number of ether oxygens (including phenoxy) is 1. The Bertz CT molecular complexity index is 1930. The van der Waals surface area contributed by atoms with Crippen LogP contribution in [-0.2, 0) is 10.2 Å². The highest BCUT2D eigenvalue weighted by atomic mass is 19.3. The van der Waals surface area contributed by atoms with E-state index in [0.29, 0.717) is 35.7 Å². The van der Waals surface area contributed by atoms with Gasteiger partial charge in [-0.05, 0) is 101 Å². The van der Waals surface area contributed by atoms with Crippen LogP contribution in [0.3, 0.4) is 0 Å². The van der Waals surface area contributed by atoms with Crippen molar-refractivity contribution in [2.75, 3.05) is 11.4 Å². The number of nitrogens with zero attached hydrogens (tertiary/aromatic N) is 7. The molecule has 7 saturated carbocycles. The maximum atomic E-state index is 15.3. The lowest BCUT2D eigenvalue weighted by Gasteiger charge is -2.53. The third-order valence-electron chi connectivity index (χ3n) is 12.2. The molecule has 1 aromatic carbocycles. The van der Waals surface area contributed by atoms with Crippen LogP contribution in [0, 0.1) is 11.3 Å². The Morgan fingerprint density at radius 3 is 2.30 bits per heavy atom. The van der Waals surface area contributed by atoms with Crippen LogP contribution in [-0.4, -0.2) is 54.7 Å². The van der Waals surface area contributed by atoms with Gasteiger partial charge in [0.25, 0.3) is 5.92 Å². The minimum absolute atomic E-state index is 0.136. The highest BCUT2D eigenvalue weighted by molar-refractivity contribution is 5.97. The van der Waals surface area contributed by atoms with Crippen molar-refractivity contribution in [1.29, 1.82) is 0 Å². The number of fused-ring (bicyclic) bond motifs is 3. The lowest BCUT2D eigenvalue weighted by atomic mass is 9.53. The summed E-state index contributed by atoms with van der Waals surface area (Å²) in [4.78, 5) is 34.6. The number of carbonyl (C=O) groups is 1. The highest BCUT2D eigenvalue weighted by Crippen LogP contribution is 2.59. The molecule has 1 amide bonds. The van der Waals surface area contributed by atoms with Gasteiger partial charge in [-0.3, -0.25) is 4.79 Å². The first kappa shape index (κ1) is 30.5. The molecule has 3 aromatic heterocycles. The van der Waals surface area contributed by atoms with Crippen molar-refractivity contribution in [3.63, 3.8) is 0 Å². The van der Waals surface area contributed by atoms with E-state index in [9.17, 15) is 4.79 Å². The number of hydrogen-bond donors (Lipinski definition) is 0. The van der Waals surface area contributed by atoms with E-state index in [1.54, 1.807) is 11.1 Å². The fraction of sp³-hybridized carbons (Fsp3) is 0.595. The van der Waals surface area contributed by atoms with Crippen LogP contribution in [0.4, 0.5) is 14.5 Å². The molecule has 13 heteroatoms. The first-order valence-electron chi connectivity index (χ1n) is 18.2. The Morgan fingerprint density at radius 2 is 1.60 bits per heavy atom. The number of benzene rings is 1. The number of hydrogen-bond acceptors (Lipinski definition) is 10. The molecule has 0 radical (unpaired) electrons. The molecule has 11 rings (SSSR count). The Kier molecular flexibility index (Phi) is 6.78. The van der Waals surface area contributed by atoms with Gasteiger partial charge in [0.15, 0.2) is 11.6 Å². The number of halogens is 2. The summed E-state index contributed by atoms with van der Waals surface area (Å²) in [5.41, 5.74) is 1.80. The van der Waals surface area contributed by atoms with E-state index in [0.717, 1.165) is 94.3 Å². The van der Waals surface area contributed by atoms with Gasteiger partial charge < -0.3 is 18.7 Å². The minimum atomic E-state index is -3.11. The second-order valence-corrected chi connectivity index (χ2v) is 15.8. The molecule has 0 spiro atoms. The summed E-state index contributed by atoms with van der Waals surface area (Å²) in [5, 5.41) is 8.31. The van der Waals surface area contributed by atoms with E-state index in [1.807, 2.05) is 30.3 Å². The number of anilines is 1. The van der Waals surface area contributed by atoms with Crippen LogP contribution in [0.2, 0.25) is 0 Å². The van der Waals surface area contributed by atoms with Crippen LogP contribution >= 0.6 is 0 Å². The Hall–Kier alpha value is -4.29. The molecule has 4 aromatic rings. The topological polar surface area (TPSA) is 133 Å². The fourth-order valence-corrected chi connectivity index (χ4v) is 8.47. The molecule has 2 unspecified atom stereocenters. The van der Waals surface area contributed by atoms with Crippen molar-refractivity contribution in [3.05, 3.63) is 60.0 Å². The summed E-state index contributed by atoms with van der Waals surface area (Å²) in [6, 6.07) is 9.77. The zero-order valence-electron chi connectivity index (χ0n) is 27.8. The predicted molar refractivity (Wildman–Crippen MR) is 174 cm³/mol. The molecule has 7 aliphatic rings. The van der Waals surface area contributed by atoms with Gasteiger partial charge in [-0.15, -0.1) is 0 Å². The second-order valence-electron chi connectivity index (χ2n) is 15.8. The molecular formula is C37H39F2N7O4. The predicted octanol–water partition coefficient (Wildman–Crippen LogP) is 7.27. The summed E-state index contributed by atoms with van der Waals surface area (Å²) < 4.78 is 47.8. The molecule has 2 bridgehead atoms. The van der Waals surface area contributed by atoms with E-state index < -0.39 is 24.2 Å². The molecule has 260 valence electrons. The number of aromatic nitrogens is 6. The summed E-state index contributed by atoms with van der Waals surface area (Å²) in [5.74, 6) is -3.39. The molecule has 7 aliphatic carbocycles. The van der Waals surface area contributed by atoms with E-state index in [1.165, 1.54) is 0 Å². The Balaban J connectivity index is 0.957. The van der Waals surface area contributed by atoms with E-state index in [4.69, 9.17) is 18.8 Å². The fourth-order valence-electron chi connectivity index (χ4n) is 8.47. The average molecular weight is 684 g/mol. The molecule has 2 atom stereocenters. The van der Waals surface area contributed by atoms with E-state index in [2.05, 4.69) is 25.3 Å². The smallest absolute Gasteiger partial charge is 0.317 e. The van der Waals surface area contributed by atoms with E-state index in [-0.39, 0.29) is 34.6 Å². The van der Waals surface area contributed by atoms with Crippen LogP contribution < -0.4 is 9.64 Å². The molecule has 3 heterocycles. The van der Waals surface area contributed by atoms with Crippen LogP contribution in [0.15, 0.2) is 45.6 Å². The van der Waals surface area contributed by atoms with Crippen LogP contribution in [0.25, 0.3) is 11.3 Å². The number of alkyl halides is 2. The SMILES string of the molecule is O=C(C1CC(F)(F)C1c1nc(C2CC2)no1)N(CC12CCC(c3nc(C4CC4)no3)(CC1)CC2)c1cccc(-c2ccnc(OC3CC3)n2)c1. The zero-order valence-corrected chi connectivity index (χ0v) is 27.8. The zero-order chi connectivity index (χ0) is 33.7. The molecule has 0 N–H and O–H groups in total. The summed E-state index contributed by atoms with van der Waals surface area (Å²) >= 11 is 0. The summed E-state index contributed by atoms with van der Waals surface area (Å²) in [6.45, 7) is 0.425. The van der Waals surface area contributed by atoms with Gasteiger partial charge in [-0.2, -0.15) is 15.0 Å². The molecule has 0 saturated heterocycles. The Morgan fingerprint density at radius 1 is 0.880 bits per heavy atom. The lowest BCUT2D eigenvalue weighted by molar-refractivity contribution is -0.164. The van der Waals surface area contributed by atoms with Gasteiger partial charge in [-0.25, -0.2) is 13.8 Å². The maximum absolute atomic E-state index is 15.3. The van der Waals surface area contributed by atoms with E-state index >= 15 is 8.78 Å². The van der Waals surface area contributed by atoms with Crippen molar-refractivity contribution in [2.45, 2.75) is 119 Å². The third kappa shape index (κ3) is 5.38. The number of rotatable bonds is 11. The maximum Gasteiger partial charge on any atom is 0.317 e. The van der Waals surface area contributed by atoms with Crippen molar-refractivity contribution in [3.8, 4) is 17.3 Å². The first-order chi connectivity index (χ1) is 24.3. The normalized spacial score (nSPS) is 29.8. The third-order valence-corrected chi connectivity index (χ3v) is 12.2. The van der Waals surface area contributed by atoms with Gasteiger partial charge in [0, 0.05) is 47.7 Å². The molecule has 7 fully saturated rings. The van der Waals surface area contributed by atoms with Crippen LogP contribution in [0.5, 0.6) is 6.01 Å². The average Bonchev–Trinajstić information content (AvgIpc) is 4.08. The number of carbonyl (C=O) groups excluding carboxylic acids is 1. The van der Waals surface area contributed by atoms with Crippen LogP contribution in [0.1, 0.15) is 125 Å². The van der Waals surface area contributed by atoms with Gasteiger partial charge in [-0.1, -0.05) is 22.4 Å². The largest absolute Gasteiger partial charge is 0.460 e. The summed E-state index contributed by atoms with van der Waals surface area (Å²) in [7, 11) is 0.